The summed E-state index contributed by atoms with van der Waals surface area (Å²) < 4.78 is 45.4. The third-order valence-electron chi connectivity index (χ3n) is 6.91. The predicted octanol–water partition coefficient (Wildman–Crippen LogP) is 5.31. The SMILES string of the molecule is CCOC(=O)CN(Cc1ccc(OCc2nc(-c3ccccc3)oc2C)cc1)S(=O)(=O)C1CCc2ccccc2N1. The summed E-state index contributed by atoms with van der Waals surface area (Å²) in [7, 11) is -3.89. The van der Waals surface area contributed by atoms with Crippen molar-refractivity contribution in [3.8, 4) is 17.2 Å². The average molecular weight is 576 g/mol. The quantitative estimate of drug-likeness (QED) is 0.240. The standard InChI is InChI=1S/C31H33N3O6S/c1-3-38-30(35)20-34(41(36,37)29-18-15-24-9-7-8-12-27(24)32-29)19-23-13-16-26(17-14-23)39-21-28-22(2)40-31(33-28)25-10-5-4-6-11-25/h4-14,16-17,29,32H,3,15,18-21H2,1-2H3. The number of anilines is 1. The molecule has 0 saturated carbocycles. The molecule has 1 unspecified atom stereocenters. The molecule has 10 heteroatoms. The van der Waals surface area contributed by atoms with Crippen LogP contribution in [0.4, 0.5) is 5.69 Å². The number of aromatic nitrogens is 1. The zero-order valence-corrected chi connectivity index (χ0v) is 23.9. The van der Waals surface area contributed by atoms with Crippen LogP contribution >= 0.6 is 0 Å². The predicted molar refractivity (Wildman–Crippen MR) is 156 cm³/mol. The van der Waals surface area contributed by atoms with Crippen molar-refractivity contribution in [3.63, 3.8) is 0 Å². The van der Waals surface area contributed by atoms with E-state index in [1.165, 1.54) is 4.31 Å². The molecule has 2 heterocycles. The molecule has 3 aromatic carbocycles. The summed E-state index contributed by atoms with van der Waals surface area (Å²) in [6.45, 7) is 3.58. The van der Waals surface area contributed by atoms with Gasteiger partial charge in [0.1, 0.15) is 35.7 Å². The van der Waals surface area contributed by atoms with Gasteiger partial charge in [0.15, 0.2) is 0 Å². The molecule has 0 fully saturated rings. The molecule has 1 atom stereocenters. The van der Waals surface area contributed by atoms with Gasteiger partial charge in [-0.3, -0.25) is 4.79 Å². The third kappa shape index (κ3) is 6.78. The molecule has 1 aliphatic heterocycles. The van der Waals surface area contributed by atoms with E-state index in [-0.39, 0.29) is 26.3 Å². The number of carbonyl (C=O) groups excluding carboxylic acids is 1. The van der Waals surface area contributed by atoms with E-state index in [2.05, 4.69) is 10.3 Å². The Morgan fingerprint density at radius 3 is 2.54 bits per heavy atom. The average Bonchev–Trinajstić information content (AvgIpc) is 3.37. The van der Waals surface area contributed by atoms with E-state index in [1.54, 1.807) is 31.2 Å². The number of carbonyl (C=O) groups is 1. The Hall–Kier alpha value is -4.15. The van der Waals surface area contributed by atoms with Crippen LogP contribution < -0.4 is 10.1 Å². The van der Waals surface area contributed by atoms with E-state index in [1.807, 2.05) is 61.5 Å². The van der Waals surface area contributed by atoms with Crippen molar-refractivity contribution in [2.75, 3.05) is 18.5 Å². The smallest absolute Gasteiger partial charge is 0.321 e. The molecule has 214 valence electrons. The highest BCUT2D eigenvalue weighted by molar-refractivity contribution is 7.89. The molecular formula is C31H33N3O6S. The van der Waals surface area contributed by atoms with Gasteiger partial charge in [-0.2, -0.15) is 4.31 Å². The Morgan fingerprint density at radius 1 is 1.05 bits per heavy atom. The minimum atomic E-state index is -3.89. The van der Waals surface area contributed by atoms with Crippen LogP contribution in [0.2, 0.25) is 0 Å². The molecule has 0 amide bonds. The second-order valence-electron chi connectivity index (χ2n) is 9.77. The van der Waals surface area contributed by atoms with Crippen LogP contribution in [0.3, 0.4) is 0 Å². The van der Waals surface area contributed by atoms with E-state index in [9.17, 15) is 13.2 Å². The van der Waals surface area contributed by atoms with Crippen molar-refractivity contribution in [2.24, 2.45) is 0 Å². The summed E-state index contributed by atoms with van der Waals surface area (Å²) in [5.74, 6) is 1.22. The number of nitrogens with zero attached hydrogens (tertiary/aromatic N) is 2. The lowest BCUT2D eigenvalue weighted by Gasteiger charge is -2.31. The summed E-state index contributed by atoms with van der Waals surface area (Å²) >= 11 is 0. The normalized spacial score (nSPS) is 14.8. The molecule has 0 bridgehead atoms. The van der Waals surface area contributed by atoms with Gasteiger partial charge >= 0.3 is 5.97 Å². The van der Waals surface area contributed by atoms with Crippen molar-refractivity contribution >= 4 is 21.7 Å². The number of benzene rings is 3. The van der Waals surface area contributed by atoms with Gasteiger partial charge in [0.05, 0.1) is 6.61 Å². The monoisotopic (exact) mass is 575 g/mol. The lowest BCUT2D eigenvalue weighted by molar-refractivity contribution is -0.143. The number of fused-ring (bicyclic) bond motifs is 1. The van der Waals surface area contributed by atoms with Crippen molar-refractivity contribution in [1.29, 1.82) is 0 Å². The first-order valence-corrected chi connectivity index (χ1v) is 15.1. The summed E-state index contributed by atoms with van der Waals surface area (Å²) in [5, 5.41) is 2.31. The first-order valence-electron chi connectivity index (χ1n) is 13.6. The van der Waals surface area contributed by atoms with Crippen molar-refractivity contribution in [3.05, 3.63) is 101 Å². The van der Waals surface area contributed by atoms with Gasteiger partial charge in [-0.05, 0) is 68.1 Å². The fourth-order valence-electron chi connectivity index (χ4n) is 4.71. The number of para-hydroxylation sites is 1. The van der Waals surface area contributed by atoms with Crippen molar-refractivity contribution in [2.45, 2.75) is 45.2 Å². The molecule has 0 spiro atoms. The number of aryl methyl sites for hydroxylation is 2. The highest BCUT2D eigenvalue weighted by Gasteiger charge is 2.35. The number of hydrogen-bond donors (Lipinski definition) is 1. The Balaban J connectivity index is 1.27. The Kier molecular flexibility index (Phi) is 8.70. The lowest BCUT2D eigenvalue weighted by Crippen LogP contribution is -2.46. The topological polar surface area (TPSA) is 111 Å². The number of hydrogen-bond acceptors (Lipinski definition) is 8. The summed E-state index contributed by atoms with van der Waals surface area (Å²) in [6, 6.07) is 24.4. The maximum absolute atomic E-state index is 13.7. The molecule has 1 aromatic heterocycles. The van der Waals surface area contributed by atoms with Gasteiger partial charge in [-0.1, -0.05) is 48.5 Å². The van der Waals surface area contributed by atoms with Gasteiger partial charge in [0.25, 0.3) is 0 Å². The third-order valence-corrected chi connectivity index (χ3v) is 8.96. The maximum Gasteiger partial charge on any atom is 0.321 e. The van der Waals surface area contributed by atoms with Crippen LogP contribution in [0.1, 0.15) is 35.9 Å². The van der Waals surface area contributed by atoms with Crippen LogP contribution in [0.25, 0.3) is 11.5 Å². The first-order chi connectivity index (χ1) is 19.8. The molecule has 1 aliphatic rings. The van der Waals surface area contributed by atoms with Crippen molar-refractivity contribution in [1.82, 2.24) is 9.29 Å². The van der Waals surface area contributed by atoms with E-state index in [0.29, 0.717) is 41.5 Å². The van der Waals surface area contributed by atoms with E-state index in [4.69, 9.17) is 13.9 Å². The maximum atomic E-state index is 13.7. The summed E-state index contributed by atoms with van der Waals surface area (Å²) in [5.41, 5.74) is 4.17. The number of sulfonamides is 1. The number of oxazole rings is 1. The minimum Gasteiger partial charge on any atom is -0.487 e. The molecule has 0 saturated heterocycles. The zero-order valence-electron chi connectivity index (χ0n) is 23.1. The van der Waals surface area contributed by atoms with Gasteiger partial charge in [-0.15, -0.1) is 0 Å². The van der Waals surface area contributed by atoms with E-state index in [0.717, 1.165) is 16.8 Å². The lowest BCUT2D eigenvalue weighted by atomic mass is 10.0. The van der Waals surface area contributed by atoms with E-state index < -0.39 is 21.4 Å². The Morgan fingerprint density at radius 2 is 1.78 bits per heavy atom. The fourth-order valence-corrected chi connectivity index (χ4v) is 6.38. The number of ether oxygens (including phenoxy) is 2. The zero-order chi connectivity index (χ0) is 28.8. The number of esters is 1. The van der Waals surface area contributed by atoms with Gasteiger partial charge in [-0.25, -0.2) is 13.4 Å². The molecule has 4 aromatic rings. The summed E-state index contributed by atoms with van der Waals surface area (Å²) in [6.07, 6.45) is 1.03. The second kappa shape index (κ2) is 12.6. The molecule has 0 aliphatic carbocycles. The summed E-state index contributed by atoms with van der Waals surface area (Å²) in [4.78, 5) is 16.9. The van der Waals surface area contributed by atoms with Gasteiger partial charge in [0, 0.05) is 17.8 Å². The first kappa shape index (κ1) is 28.4. The highest BCUT2D eigenvalue weighted by Crippen LogP contribution is 2.29. The molecule has 1 N–H and O–H groups in total. The molecule has 9 nitrogen and oxygen atoms in total. The van der Waals surface area contributed by atoms with Gasteiger partial charge < -0.3 is 19.2 Å². The van der Waals surface area contributed by atoms with Crippen LogP contribution in [0, 0.1) is 6.92 Å². The number of nitrogens with one attached hydrogen (secondary N) is 1. The Labute approximate surface area is 240 Å². The molecule has 0 radical (unpaired) electrons. The highest BCUT2D eigenvalue weighted by atomic mass is 32.2. The molecule has 5 rings (SSSR count). The van der Waals surface area contributed by atoms with E-state index >= 15 is 0 Å². The number of rotatable bonds is 11. The van der Waals surface area contributed by atoms with Crippen LogP contribution in [-0.2, 0) is 39.1 Å². The van der Waals surface area contributed by atoms with Gasteiger partial charge in [0.2, 0.25) is 15.9 Å². The largest absolute Gasteiger partial charge is 0.487 e. The van der Waals surface area contributed by atoms with Crippen molar-refractivity contribution < 1.29 is 27.1 Å². The molecule has 41 heavy (non-hydrogen) atoms. The molecular weight excluding hydrogens is 542 g/mol. The Bertz CT molecular complexity index is 1590. The van der Waals surface area contributed by atoms with Crippen LogP contribution in [0.5, 0.6) is 5.75 Å². The van der Waals surface area contributed by atoms with Crippen LogP contribution in [0.15, 0.2) is 83.3 Å². The minimum absolute atomic E-state index is 0.0179. The van der Waals surface area contributed by atoms with Crippen LogP contribution in [-0.4, -0.2) is 42.2 Å². The second-order valence-corrected chi connectivity index (χ2v) is 11.9. The fraction of sp³-hybridized carbons (Fsp3) is 0.290.